The van der Waals surface area contributed by atoms with E-state index in [0.717, 1.165) is 11.0 Å². The molecule has 0 saturated carbocycles. The number of hydrogen-bond donors (Lipinski definition) is 1. The summed E-state index contributed by atoms with van der Waals surface area (Å²) >= 11 is 0.655. The summed E-state index contributed by atoms with van der Waals surface area (Å²) in [6, 6.07) is 8.42. The number of phenols is 1. The number of thioether (sulfide) groups is 1. The fraction of sp³-hybridized carbons (Fsp3) is 0. The van der Waals surface area contributed by atoms with Crippen LogP contribution < -0.4 is 4.90 Å². The summed E-state index contributed by atoms with van der Waals surface area (Å²) in [6.07, 6.45) is 1.25. The minimum atomic E-state index is -0.703. The molecule has 1 N–H and O–H groups in total. The van der Waals surface area contributed by atoms with Gasteiger partial charge >= 0.3 is 5.88 Å². The lowest BCUT2D eigenvalue weighted by atomic mass is 10.2. The second kappa shape index (κ2) is 5.61. The fourth-order valence-electron chi connectivity index (χ4n) is 1.98. The Balaban J connectivity index is 1.93. The molecule has 9 heteroatoms. The van der Waals surface area contributed by atoms with E-state index in [-0.39, 0.29) is 22.1 Å². The van der Waals surface area contributed by atoms with Crippen molar-refractivity contribution in [2.75, 3.05) is 4.90 Å². The van der Waals surface area contributed by atoms with Gasteiger partial charge in [-0.2, -0.15) is 0 Å². The lowest BCUT2D eigenvalue weighted by Crippen LogP contribution is -2.27. The van der Waals surface area contributed by atoms with Crippen molar-refractivity contribution in [1.82, 2.24) is 0 Å². The van der Waals surface area contributed by atoms with Crippen molar-refractivity contribution in [3.05, 3.63) is 57.2 Å². The molecule has 1 saturated heterocycles. The largest absolute Gasteiger partial charge is 0.506 e. The molecule has 0 aliphatic carbocycles. The van der Waals surface area contributed by atoms with Gasteiger partial charge in [-0.05, 0) is 30.0 Å². The van der Waals surface area contributed by atoms with Crippen molar-refractivity contribution in [2.24, 2.45) is 0 Å². The molecule has 23 heavy (non-hydrogen) atoms. The lowest BCUT2D eigenvalue weighted by molar-refractivity contribution is -0.402. The molecule has 1 fully saturated rings. The zero-order valence-electron chi connectivity index (χ0n) is 11.3. The van der Waals surface area contributed by atoms with Gasteiger partial charge in [0.15, 0.2) is 0 Å². The van der Waals surface area contributed by atoms with Gasteiger partial charge in [0.2, 0.25) is 0 Å². The first-order valence-electron chi connectivity index (χ1n) is 6.27. The van der Waals surface area contributed by atoms with Crippen LogP contribution in [0.15, 0.2) is 45.7 Å². The van der Waals surface area contributed by atoms with Crippen LogP contribution in [0.25, 0.3) is 6.08 Å². The minimum Gasteiger partial charge on any atom is -0.506 e. The number of amides is 2. The molecule has 1 aliphatic heterocycles. The average Bonchev–Trinajstić information content (AvgIpc) is 3.07. The molecule has 2 heterocycles. The van der Waals surface area contributed by atoms with Gasteiger partial charge in [-0.3, -0.25) is 19.7 Å². The molecule has 8 nitrogen and oxygen atoms in total. The number of nitro groups is 1. The topological polar surface area (TPSA) is 114 Å². The first-order valence-corrected chi connectivity index (χ1v) is 7.09. The number of hydrogen-bond acceptors (Lipinski definition) is 7. The second-order valence-corrected chi connectivity index (χ2v) is 5.43. The third-order valence-electron chi connectivity index (χ3n) is 2.98. The number of imide groups is 1. The number of benzene rings is 1. The Morgan fingerprint density at radius 1 is 1.22 bits per heavy atom. The number of rotatable bonds is 3. The molecule has 0 radical (unpaired) electrons. The van der Waals surface area contributed by atoms with Gasteiger partial charge in [0.1, 0.15) is 16.4 Å². The number of phenolic OH excluding ortho intramolecular Hbond substituents is 1. The average molecular weight is 332 g/mol. The molecule has 1 aromatic heterocycles. The van der Waals surface area contributed by atoms with E-state index in [0.29, 0.717) is 11.8 Å². The number of furan rings is 1. The van der Waals surface area contributed by atoms with E-state index in [9.17, 15) is 24.8 Å². The zero-order chi connectivity index (χ0) is 16.6. The van der Waals surface area contributed by atoms with Crippen LogP contribution in [0.1, 0.15) is 5.76 Å². The number of aromatic hydroxyl groups is 1. The predicted molar refractivity (Wildman–Crippen MR) is 81.9 cm³/mol. The molecule has 2 amide bonds. The summed E-state index contributed by atoms with van der Waals surface area (Å²) in [5.41, 5.74) is 0.0730. The van der Waals surface area contributed by atoms with Crippen molar-refractivity contribution in [1.29, 1.82) is 0 Å². The van der Waals surface area contributed by atoms with E-state index in [1.807, 2.05) is 0 Å². The molecule has 0 atom stereocenters. The number of anilines is 1. The van der Waals surface area contributed by atoms with Crippen molar-refractivity contribution >= 4 is 40.6 Å². The van der Waals surface area contributed by atoms with Gasteiger partial charge in [0.25, 0.3) is 11.1 Å². The van der Waals surface area contributed by atoms with Crippen molar-refractivity contribution in [3.8, 4) is 5.75 Å². The van der Waals surface area contributed by atoms with Crippen LogP contribution >= 0.6 is 11.8 Å². The maximum absolute atomic E-state index is 12.3. The summed E-state index contributed by atoms with van der Waals surface area (Å²) in [6.45, 7) is 0. The normalized spacial score (nSPS) is 16.3. The Bertz CT molecular complexity index is 856. The predicted octanol–water partition coefficient (Wildman–Crippen LogP) is 3.13. The molecule has 116 valence electrons. The SMILES string of the molecule is O=C1S/C(=C\c2ccc([N+](=O)[O-])o2)C(=O)N1c1ccccc1O. The first-order chi connectivity index (χ1) is 11.0. The number of para-hydroxylation sites is 2. The van der Waals surface area contributed by atoms with E-state index in [1.165, 1.54) is 24.3 Å². The summed E-state index contributed by atoms with van der Waals surface area (Å²) in [7, 11) is 0. The van der Waals surface area contributed by atoms with Crippen LogP contribution in [0.4, 0.5) is 16.4 Å². The summed E-state index contributed by atoms with van der Waals surface area (Å²) < 4.78 is 4.94. The quantitative estimate of drug-likeness (QED) is 0.521. The van der Waals surface area contributed by atoms with Crippen LogP contribution in [0, 0.1) is 10.1 Å². The van der Waals surface area contributed by atoms with Crippen LogP contribution in [0.5, 0.6) is 5.75 Å². The highest BCUT2D eigenvalue weighted by Gasteiger charge is 2.37. The molecule has 1 aromatic carbocycles. The number of nitrogens with zero attached hydrogens (tertiary/aromatic N) is 2. The standard InChI is InChI=1S/C14H8N2O6S/c17-10-4-2-1-3-9(10)15-13(18)11(23-14(15)19)7-8-5-6-12(22-8)16(20)21/h1-7,17H/b11-7-. The monoisotopic (exact) mass is 332 g/mol. The van der Waals surface area contributed by atoms with E-state index < -0.39 is 22.0 Å². The van der Waals surface area contributed by atoms with Gasteiger partial charge in [-0.25, -0.2) is 4.90 Å². The third-order valence-corrected chi connectivity index (χ3v) is 3.85. The van der Waals surface area contributed by atoms with Crippen molar-refractivity contribution < 1.29 is 24.0 Å². The van der Waals surface area contributed by atoms with E-state index in [1.54, 1.807) is 12.1 Å². The highest BCUT2D eigenvalue weighted by molar-refractivity contribution is 8.19. The molecule has 3 rings (SSSR count). The van der Waals surface area contributed by atoms with E-state index in [4.69, 9.17) is 4.42 Å². The Hall–Kier alpha value is -3.07. The first kappa shape index (κ1) is 14.9. The van der Waals surface area contributed by atoms with Crippen LogP contribution in [0.3, 0.4) is 0 Å². The van der Waals surface area contributed by atoms with E-state index in [2.05, 4.69) is 0 Å². The Labute approximate surface area is 133 Å². The Morgan fingerprint density at radius 2 is 1.96 bits per heavy atom. The van der Waals surface area contributed by atoms with Gasteiger partial charge in [0, 0.05) is 6.08 Å². The second-order valence-electron chi connectivity index (χ2n) is 4.44. The van der Waals surface area contributed by atoms with Crippen LogP contribution in [-0.4, -0.2) is 21.2 Å². The molecule has 0 bridgehead atoms. The van der Waals surface area contributed by atoms with Crippen molar-refractivity contribution in [3.63, 3.8) is 0 Å². The molecule has 0 unspecified atom stereocenters. The lowest BCUT2D eigenvalue weighted by Gasteiger charge is -2.13. The molecule has 2 aromatic rings. The molecule has 1 aliphatic rings. The zero-order valence-corrected chi connectivity index (χ0v) is 12.1. The smallest absolute Gasteiger partial charge is 0.433 e. The van der Waals surface area contributed by atoms with Gasteiger partial charge < -0.3 is 9.52 Å². The van der Waals surface area contributed by atoms with Crippen LogP contribution in [-0.2, 0) is 4.79 Å². The minimum absolute atomic E-state index is 0.0440. The highest BCUT2D eigenvalue weighted by atomic mass is 32.2. The van der Waals surface area contributed by atoms with Gasteiger partial charge in [-0.1, -0.05) is 12.1 Å². The summed E-state index contributed by atoms with van der Waals surface area (Å²) in [5.74, 6) is -1.22. The number of carbonyl (C=O) groups excluding carboxylic acids is 2. The van der Waals surface area contributed by atoms with Gasteiger partial charge in [0.05, 0.1) is 16.7 Å². The Morgan fingerprint density at radius 3 is 2.61 bits per heavy atom. The molecular weight excluding hydrogens is 324 g/mol. The third kappa shape index (κ3) is 2.69. The highest BCUT2D eigenvalue weighted by Crippen LogP contribution is 2.39. The molecule has 0 spiro atoms. The summed E-state index contributed by atoms with van der Waals surface area (Å²) in [5, 5.41) is 19.8. The Kier molecular flexibility index (Phi) is 3.62. The summed E-state index contributed by atoms with van der Waals surface area (Å²) in [4.78, 5) is 35.1. The molecular formula is C14H8N2O6S. The maximum Gasteiger partial charge on any atom is 0.433 e. The maximum atomic E-state index is 12.3. The fourth-order valence-corrected chi connectivity index (χ4v) is 2.79. The van der Waals surface area contributed by atoms with Gasteiger partial charge in [-0.15, -0.1) is 0 Å². The van der Waals surface area contributed by atoms with Crippen LogP contribution in [0.2, 0.25) is 0 Å². The van der Waals surface area contributed by atoms with Crippen molar-refractivity contribution in [2.45, 2.75) is 0 Å². The number of carbonyl (C=O) groups is 2. The van der Waals surface area contributed by atoms with E-state index >= 15 is 0 Å².